The number of carbonyl (C=O) groups is 3. The lowest BCUT2D eigenvalue weighted by Crippen LogP contribution is -2.16. The number of nitrogens with two attached hydrogens (primary N) is 1. The van der Waals surface area contributed by atoms with Gasteiger partial charge in [0.1, 0.15) is 5.78 Å². The van der Waals surface area contributed by atoms with Crippen molar-refractivity contribution in [1.29, 1.82) is 0 Å². The highest BCUT2D eigenvalue weighted by atomic mass is 16.2. The van der Waals surface area contributed by atoms with Crippen LogP contribution in [0, 0.1) is 0 Å². The van der Waals surface area contributed by atoms with Gasteiger partial charge >= 0.3 is 0 Å². The Morgan fingerprint density at radius 2 is 2.00 bits per heavy atom. The van der Waals surface area contributed by atoms with Gasteiger partial charge in [-0.3, -0.25) is 14.4 Å². The van der Waals surface area contributed by atoms with Gasteiger partial charge in [-0.05, 0) is 25.1 Å². The summed E-state index contributed by atoms with van der Waals surface area (Å²) in [5.41, 5.74) is 5.84. The largest absolute Gasteiger partial charge is 0.366 e. The van der Waals surface area contributed by atoms with E-state index in [9.17, 15) is 14.4 Å². The van der Waals surface area contributed by atoms with E-state index in [0.29, 0.717) is 11.3 Å². The van der Waals surface area contributed by atoms with Crippen LogP contribution in [0.25, 0.3) is 0 Å². The Balaban J connectivity index is 2.74. The SMILES string of the molecule is CC(=O)CC(=O)Nc1cccc(C(N)=O)c1. The van der Waals surface area contributed by atoms with E-state index in [1.165, 1.54) is 13.0 Å². The van der Waals surface area contributed by atoms with Crippen LogP contribution in [-0.2, 0) is 9.59 Å². The predicted octanol–water partition coefficient (Wildman–Crippen LogP) is 0.703. The molecule has 0 aliphatic carbocycles. The lowest BCUT2D eigenvalue weighted by atomic mass is 10.2. The van der Waals surface area contributed by atoms with Gasteiger partial charge in [-0.15, -0.1) is 0 Å². The van der Waals surface area contributed by atoms with Crippen LogP contribution in [0.3, 0.4) is 0 Å². The Kier molecular flexibility index (Phi) is 3.77. The summed E-state index contributed by atoms with van der Waals surface area (Å²) in [6.45, 7) is 1.33. The fourth-order valence-corrected chi connectivity index (χ4v) is 1.18. The van der Waals surface area contributed by atoms with Gasteiger partial charge in [0.05, 0.1) is 6.42 Å². The first-order chi connectivity index (χ1) is 7.49. The summed E-state index contributed by atoms with van der Waals surface area (Å²) < 4.78 is 0. The molecular weight excluding hydrogens is 208 g/mol. The third-order valence-corrected chi connectivity index (χ3v) is 1.84. The van der Waals surface area contributed by atoms with Crippen LogP contribution in [0.1, 0.15) is 23.7 Å². The molecule has 2 amide bonds. The van der Waals surface area contributed by atoms with Crippen LogP contribution in [0.5, 0.6) is 0 Å². The van der Waals surface area contributed by atoms with Crippen LogP contribution < -0.4 is 11.1 Å². The number of hydrogen-bond acceptors (Lipinski definition) is 3. The summed E-state index contributed by atoms with van der Waals surface area (Å²) in [4.78, 5) is 32.8. The molecular formula is C11H12N2O3. The van der Waals surface area contributed by atoms with Crippen molar-refractivity contribution in [2.24, 2.45) is 5.73 Å². The highest BCUT2D eigenvalue weighted by Gasteiger charge is 2.06. The smallest absolute Gasteiger partial charge is 0.248 e. The number of amides is 2. The van der Waals surface area contributed by atoms with Gasteiger partial charge in [0, 0.05) is 11.3 Å². The minimum Gasteiger partial charge on any atom is -0.366 e. The molecule has 0 unspecified atom stereocenters. The third kappa shape index (κ3) is 3.53. The molecule has 0 heterocycles. The summed E-state index contributed by atoms with van der Waals surface area (Å²) in [5, 5.41) is 2.50. The molecule has 16 heavy (non-hydrogen) atoms. The molecule has 0 bridgehead atoms. The zero-order valence-corrected chi connectivity index (χ0v) is 8.82. The highest BCUT2D eigenvalue weighted by Crippen LogP contribution is 2.10. The third-order valence-electron chi connectivity index (χ3n) is 1.84. The van der Waals surface area contributed by atoms with Crippen LogP contribution in [0.4, 0.5) is 5.69 Å². The lowest BCUT2D eigenvalue weighted by Gasteiger charge is -2.04. The Hall–Kier alpha value is -2.17. The number of Topliss-reactive ketones (excluding diaryl/α,β-unsaturated/α-hetero) is 1. The number of primary amides is 1. The highest BCUT2D eigenvalue weighted by molar-refractivity contribution is 6.04. The van der Waals surface area contributed by atoms with Crippen molar-refractivity contribution in [3.05, 3.63) is 29.8 Å². The molecule has 0 fully saturated rings. The Bertz CT molecular complexity index is 441. The second kappa shape index (κ2) is 5.06. The van der Waals surface area contributed by atoms with Gasteiger partial charge < -0.3 is 11.1 Å². The van der Waals surface area contributed by atoms with Crippen LogP contribution >= 0.6 is 0 Å². The van der Waals surface area contributed by atoms with Crippen LogP contribution in [0.2, 0.25) is 0 Å². The van der Waals surface area contributed by atoms with Crippen molar-refractivity contribution in [3.8, 4) is 0 Å². The standard InChI is InChI=1S/C11H12N2O3/c1-7(14)5-10(15)13-9-4-2-3-8(6-9)11(12)16/h2-4,6H,5H2,1H3,(H2,12,16)(H,13,15). The number of anilines is 1. The zero-order chi connectivity index (χ0) is 12.1. The monoisotopic (exact) mass is 220 g/mol. The lowest BCUT2D eigenvalue weighted by molar-refractivity contribution is -0.124. The number of ketones is 1. The van der Waals surface area contributed by atoms with Crippen molar-refractivity contribution in [1.82, 2.24) is 0 Å². The van der Waals surface area contributed by atoms with Crippen molar-refractivity contribution in [2.45, 2.75) is 13.3 Å². The number of rotatable bonds is 4. The molecule has 0 atom stereocenters. The average Bonchev–Trinajstić information content (AvgIpc) is 2.16. The van der Waals surface area contributed by atoms with Gasteiger partial charge in [0.2, 0.25) is 11.8 Å². The molecule has 0 aromatic heterocycles. The van der Waals surface area contributed by atoms with Gasteiger partial charge in [-0.1, -0.05) is 6.07 Å². The second-order valence-corrected chi connectivity index (χ2v) is 3.37. The molecule has 0 radical (unpaired) electrons. The van der Waals surface area contributed by atoms with Crippen molar-refractivity contribution >= 4 is 23.3 Å². The van der Waals surface area contributed by atoms with E-state index < -0.39 is 11.8 Å². The molecule has 5 nitrogen and oxygen atoms in total. The molecule has 0 saturated carbocycles. The molecule has 84 valence electrons. The van der Waals surface area contributed by atoms with E-state index in [2.05, 4.69) is 5.32 Å². The molecule has 0 aliphatic heterocycles. The van der Waals surface area contributed by atoms with Crippen molar-refractivity contribution in [3.63, 3.8) is 0 Å². The number of carbonyl (C=O) groups excluding carboxylic acids is 3. The molecule has 1 aromatic rings. The van der Waals surface area contributed by atoms with E-state index in [-0.39, 0.29) is 12.2 Å². The summed E-state index contributed by atoms with van der Waals surface area (Å²) in [7, 11) is 0. The molecule has 0 aliphatic rings. The Labute approximate surface area is 92.6 Å². The molecule has 0 spiro atoms. The predicted molar refractivity (Wildman–Crippen MR) is 58.9 cm³/mol. The van der Waals surface area contributed by atoms with E-state index in [1.54, 1.807) is 18.2 Å². The first kappa shape index (κ1) is 11.9. The maximum absolute atomic E-state index is 11.3. The zero-order valence-electron chi connectivity index (χ0n) is 8.82. The molecule has 1 aromatic carbocycles. The van der Waals surface area contributed by atoms with Gasteiger partial charge in [0.15, 0.2) is 0 Å². The summed E-state index contributed by atoms with van der Waals surface area (Å²) in [6, 6.07) is 6.22. The normalized spacial score (nSPS) is 9.56. The first-order valence-corrected chi connectivity index (χ1v) is 4.68. The second-order valence-electron chi connectivity index (χ2n) is 3.37. The van der Waals surface area contributed by atoms with E-state index in [1.807, 2.05) is 0 Å². The topological polar surface area (TPSA) is 89.3 Å². The van der Waals surface area contributed by atoms with Crippen molar-refractivity contribution < 1.29 is 14.4 Å². The van der Waals surface area contributed by atoms with E-state index in [0.717, 1.165) is 0 Å². The summed E-state index contributed by atoms with van der Waals surface area (Å²) in [6.07, 6.45) is -0.180. The quantitative estimate of drug-likeness (QED) is 0.732. The van der Waals surface area contributed by atoms with Crippen molar-refractivity contribution in [2.75, 3.05) is 5.32 Å². The van der Waals surface area contributed by atoms with Crippen LogP contribution in [0.15, 0.2) is 24.3 Å². The van der Waals surface area contributed by atoms with Gasteiger partial charge in [-0.25, -0.2) is 0 Å². The van der Waals surface area contributed by atoms with Crippen LogP contribution in [-0.4, -0.2) is 17.6 Å². The van der Waals surface area contributed by atoms with Gasteiger partial charge in [-0.2, -0.15) is 0 Å². The number of nitrogens with one attached hydrogen (secondary N) is 1. The molecule has 1 rings (SSSR count). The maximum atomic E-state index is 11.3. The first-order valence-electron chi connectivity index (χ1n) is 4.68. The minimum absolute atomic E-state index is 0.180. The molecule has 3 N–H and O–H groups in total. The maximum Gasteiger partial charge on any atom is 0.248 e. The van der Waals surface area contributed by atoms with E-state index >= 15 is 0 Å². The number of hydrogen-bond donors (Lipinski definition) is 2. The Morgan fingerprint density at radius 1 is 1.31 bits per heavy atom. The summed E-state index contributed by atoms with van der Waals surface area (Å²) in [5.74, 6) is -1.19. The fourth-order valence-electron chi connectivity index (χ4n) is 1.18. The van der Waals surface area contributed by atoms with Gasteiger partial charge in [0.25, 0.3) is 0 Å². The molecule has 0 saturated heterocycles. The van der Waals surface area contributed by atoms with E-state index in [4.69, 9.17) is 5.73 Å². The summed E-state index contributed by atoms with van der Waals surface area (Å²) >= 11 is 0. The molecule has 5 heteroatoms. The minimum atomic E-state index is -0.567. The fraction of sp³-hybridized carbons (Fsp3) is 0.182. The Morgan fingerprint density at radius 3 is 2.56 bits per heavy atom. The average molecular weight is 220 g/mol. The number of benzene rings is 1.